The van der Waals surface area contributed by atoms with E-state index in [4.69, 9.17) is 9.47 Å². The number of piperazine rings is 1. The van der Waals surface area contributed by atoms with Crippen LogP contribution in [0.3, 0.4) is 0 Å². The van der Waals surface area contributed by atoms with Crippen molar-refractivity contribution in [3.8, 4) is 11.5 Å². The molecule has 2 aliphatic heterocycles. The number of rotatable bonds is 6. The van der Waals surface area contributed by atoms with Crippen LogP contribution in [0.2, 0.25) is 0 Å². The van der Waals surface area contributed by atoms with Crippen LogP contribution >= 0.6 is 0 Å². The van der Waals surface area contributed by atoms with Gasteiger partial charge in [0.05, 0.1) is 12.2 Å². The summed E-state index contributed by atoms with van der Waals surface area (Å²) < 4.78 is 50.3. The van der Waals surface area contributed by atoms with Crippen molar-refractivity contribution in [2.75, 3.05) is 50.4 Å². The number of halogens is 3. The summed E-state index contributed by atoms with van der Waals surface area (Å²) in [6.45, 7) is 4.15. The van der Waals surface area contributed by atoms with Crippen molar-refractivity contribution in [2.24, 2.45) is 0 Å². The van der Waals surface area contributed by atoms with E-state index in [-0.39, 0.29) is 18.2 Å². The number of amides is 1. The molecule has 2 heterocycles. The number of fused-ring (bicyclic) bond motifs is 1. The summed E-state index contributed by atoms with van der Waals surface area (Å²) in [6, 6.07) is 10.5. The number of nitrogens with one attached hydrogen (secondary N) is 2. The first-order chi connectivity index (χ1) is 18.7. The van der Waals surface area contributed by atoms with Crippen LogP contribution in [0.25, 0.3) is 0 Å². The Hall–Kier alpha value is -3.31. The molecule has 1 amide bonds. The van der Waals surface area contributed by atoms with Crippen LogP contribution in [-0.4, -0.2) is 73.7 Å². The quantitative estimate of drug-likeness (QED) is 0.411. The Morgan fingerprint density at radius 2 is 1.82 bits per heavy atom. The Morgan fingerprint density at radius 3 is 2.54 bits per heavy atom. The molecule has 1 aliphatic carbocycles. The Bertz CT molecular complexity index is 1210. The molecule has 2 fully saturated rings. The summed E-state index contributed by atoms with van der Waals surface area (Å²) >= 11 is 0. The minimum absolute atomic E-state index is 0.0144. The molecular weight excluding hydrogens is 513 g/mol. The van der Waals surface area contributed by atoms with Crippen molar-refractivity contribution in [1.82, 2.24) is 9.80 Å². The summed E-state index contributed by atoms with van der Waals surface area (Å²) in [5, 5.41) is 6.04. The SMILES string of the molecule is CN1CCN(Cc2cc(C3CCCC3)c(OC(=O)C(F)(F)F)cc2NC(=O)C2CNc3ccccc3O2)CC1. The van der Waals surface area contributed by atoms with Crippen molar-refractivity contribution in [3.63, 3.8) is 0 Å². The number of alkyl halides is 3. The van der Waals surface area contributed by atoms with Crippen molar-refractivity contribution in [3.05, 3.63) is 47.5 Å². The Morgan fingerprint density at radius 1 is 1.10 bits per heavy atom. The fourth-order valence-electron chi connectivity index (χ4n) is 5.41. The van der Waals surface area contributed by atoms with Gasteiger partial charge in [-0.25, -0.2) is 4.79 Å². The number of anilines is 2. The van der Waals surface area contributed by atoms with E-state index >= 15 is 0 Å². The van der Waals surface area contributed by atoms with Gasteiger partial charge in [-0.05, 0) is 55.1 Å². The number of nitrogens with zero attached hydrogens (tertiary/aromatic N) is 2. The minimum Gasteiger partial charge on any atom is -0.477 e. The van der Waals surface area contributed by atoms with E-state index in [1.807, 2.05) is 18.2 Å². The van der Waals surface area contributed by atoms with Crippen LogP contribution in [0, 0.1) is 0 Å². The number of carbonyl (C=O) groups is 2. The number of likely N-dealkylation sites (N-methyl/N-ethyl adjacent to an activating group) is 1. The molecule has 0 aromatic heterocycles. The van der Waals surface area contributed by atoms with E-state index in [9.17, 15) is 22.8 Å². The summed E-state index contributed by atoms with van der Waals surface area (Å²) in [5.74, 6) is -2.35. The molecule has 1 saturated heterocycles. The van der Waals surface area contributed by atoms with Gasteiger partial charge in [-0.2, -0.15) is 13.2 Å². The van der Waals surface area contributed by atoms with Gasteiger partial charge in [-0.1, -0.05) is 25.0 Å². The highest BCUT2D eigenvalue weighted by molar-refractivity contribution is 5.96. The molecule has 2 aromatic carbocycles. The monoisotopic (exact) mass is 546 g/mol. The van der Waals surface area contributed by atoms with E-state index in [0.29, 0.717) is 23.5 Å². The molecule has 0 spiro atoms. The van der Waals surface area contributed by atoms with Gasteiger partial charge in [-0.3, -0.25) is 9.69 Å². The number of hydrogen-bond donors (Lipinski definition) is 2. The van der Waals surface area contributed by atoms with Crippen molar-refractivity contribution in [1.29, 1.82) is 0 Å². The fourth-order valence-corrected chi connectivity index (χ4v) is 5.41. The van der Waals surface area contributed by atoms with Crippen LogP contribution in [0.5, 0.6) is 11.5 Å². The normalized spacial score (nSPS) is 20.6. The third kappa shape index (κ3) is 6.47. The molecule has 2 N–H and O–H groups in total. The lowest BCUT2D eigenvalue weighted by molar-refractivity contribution is -0.189. The second-order valence-electron chi connectivity index (χ2n) is 10.5. The summed E-state index contributed by atoms with van der Waals surface area (Å²) in [4.78, 5) is 29.7. The smallest absolute Gasteiger partial charge is 0.477 e. The minimum atomic E-state index is -5.14. The number of benzene rings is 2. The van der Waals surface area contributed by atoms with Crippen molar-refractivity contribution < 1.29 is 32.2 Å². The molecule has 0 bridgehead atoms. The maximum absolute atomic E-state index is 13.3. The molecule has 0 radical (unpaired) electrons. The zero-order chi connectivity index (χ0) is 27.6. The average molecular weight is 547 g/mol. The van der Waals surface area contributed by atoms with Gasteiger partial charge >= 0.3 is 12.1 Å². The Kier molecular flexibility index (Phi) is 7.99. The van der Waals surface area contributed by atoms with Crippen molar-refractivity contribution in [2.45, 2.75) is 50.4 Å². The first-order valence-corrected chi connectivity index (χ1v) is 13.3. The summed E-state index contributed by atoms with van der Waals surface area (Å²) in [6.07, 6.45) is -2.47. The predicted octanol–water partition coefficient (Wildman–Crippen LogP) is 4.37. The third-order valence-electron chi connectivity index (χ3n) is 7.64. The maximum Gasteiger partial charge on any atom is 0.491 e. The topological polar surface area (TPSA) is 83.1 Å². The third-order valence-corrected chi connectivity index (χ3v) is 7.64. The maximum atomic E-state index is 13.3. The van der Waals surface area contributed by atoms with Crippen molar-refractivity contribution >= 4 is 23.3 Å². The highest BCUT2D eigenvalue weighted by Crippen LogP contribution is 2.42. The van der Waals surface area contributed by atoms with Crippen LogP contribution < -0.4 is 20.1 Å². The van der Waals surface area contributed by atoms with E-state index < -0.39 is 24.2 Å². The second kappa shape index (κ2) is 11.4. The molecule has 2 aromatic rings. The molecule has 210 valence electrons. The number of carbonyl (C=O) groups excluding carboxylic acids is 2. The van der Waals surface area contributed by atoms with E-state index in [0.717, 1.165) is 63.1 Å². The predicted molar refractivity (Wildman–Crippen MR) is 140 cm³/mol. The highest BCUT2D eigenvalue weighted by atomic mass is 19.4. The van der Waals surface area contributed by atoms with Crippen LogP contribution in [0.1, 0.15) is 42.7 Å². The molecule has 8 nitrogen and oxygen atoms in total. The molecule has 1 atom stereocenters. The van der Waals surface area contributed by atoms with E-state index in [1.54, 1.807) is 12.1 Å². The van der Waals surface area contributed by atoms with Gasteiger partial charge in [0.2, 0.25) is 0 Å². The Balaban J connectivity index is 1.46. The molecule has 1 unspecified atom stereocenters. The van der Waals surface area contributed by atoms with E-state index in [1.165, 1.54) is 6.07 Å². The molecule has 3 aliphatic rings. The second-order valence-corrected chi connectivity index (χ2v) is 10.5. The molecule has 39 heavy (non-hydrogen) atoms. The number of ether oxygens (including phenoxy) is 2. The first-order valence-electron chi connectivity index (χ1n) is 13.3. The van der Waals surface area contributed by atoms with Gasteiger partial charge in [0, 0.05) is 44.5 Å². The number of para-hydroxylation sites is 2. The number of hydrogen-bond acceptors (Lipinski definition) is 7. The zero-order valence-corrected chi connectivity index (χ0v) is 21.9. The number of esters is 1. The standard InChI is InChI=1S/C28H33F3N4O4/c1-34-10-12-35(13-11-34)17-19-14-20(18-6-2-3-7-18)24(39-27(37)28(29,30)31)15-22(19)33-26(36)25-16-32-21-8-4-5-9-23(21)38-25/h4-5,8-9,14-15,18,25,32H,2-3,6-7,10-13,16-17H2,1H3,(H,33,36). The van der Waals surface area contributed by atoms with Gasteiger partial charge in [0.1, 0.15) is 11.5 Å². The van der Waals surface area contributed by atoms with Crippen LogP contribution in [0.15, 0.2) is 36.4 Å². The van der Waals surface area contributed by atoms with E-state index in [2.05, 4.69) is 27.5 Å². The molecule has 1 saturated carbocycles. The van der Waals surface area contributed by atoms with Gasteiger partial charge < -0.3 is 25.0 Å². The summed E-state index contributed by atoms with van der Waals surface area (Å²) in [5.41, 5.74) is 2.44. The lowest BCUT2D eigenvalue weighted by atomic mass is 9.93. The van der Waals surface area contributed by atoms with Gasteiger partial charge in [-0.15, -0.1) is 0 Å². The van der Waals surface area contributed by atoms with Gasteiger partial charge in [0.25, 0.3) is 5.91 Å². The fraction of sp³-hybridized carbons (Fsp3) is 0.500. The molecule has 5 rings (SSSR count). The molecular formula is C28H33F3N4O4. The summed E-state index contributed by atoms with van der Waals surface area (Å²) in [7, 11) is 2.06. The molecule has 11 heteroatoms. The van der Waals surface area contributed by atoms with Gasteiger partial charge in [0.15, 0.2) is 6.10 Å². The highest BCUT2D eigenvalue weighted by Gasteiger charge is 2.42. The lowest BCUT2D eigenvalue weighted by Gasteiger charge is -2.33. The van der Waals surface area contributed by atoms with Crippen LogP contribution in [0.4, 0.5) is 24.5 Å². The zero-order valence-electron chi connectivity index (χ0n) is 21.9. The largest absolute Gasteiger partial charge is 0.491 e. The van der Waals surface area contributed by atoms with Crippen LogP contribution in [-0.2, 0) is 16.1 Å². The first kappa shape index (κ1) is 27.3. The average Bonchev–Trinajstić information content (AvgIpc) is 3.45. The Labute approximate surface area is 225 Å². The lowest BCUT2D eigenvalue weighted by Crippen LogP contribution is -2.44.